The molecule has 2 aromatic carbocycles. The summed E-state index contributed by atoms with van der Waals surface area (Å²) in [5.41, 5.74) is 1.68. The van der Waals surface area contributed by atoms with Crippen LogP contribution < -0.4 is 14.2 Å². The van der Waals surface area contributed by atoms with Crippen LogP contribution in [0.2, 0.25) is 0 Å². The van der Waals surface area contributed by atoms with Crippen LogP contribution in [-0.2, 0) is 10.0 Å². The monoisotopic (exact) mass is 403 g/mol. The number of benzene rings is 2. The van der Waals surface area contributed by atoms with E-state index in [1.54, 1.807) is 36.4 Å². The SMILES string of the molecule is CCOc1ccc(-c2ccc(NS(=O)(=O)c3cc(F)ccc3OC)cc2)nn1. The van der Waals surface area contributed by atoms with Gasteiger partial charge in [-0.05, 0) is 43.3 Å². The number of hydrogen-bond donors (Lipinski definition) is 1. The molecule has 1 heterocycles. The minimum absolute atomic E-state index is 0.0511. The normalized spacial score (nSPS) is 11.1. The lowest BCUT2D eigenvalue weighted by atomic mass is 10.1. The molecule has 0 bridgehead atoms. The highest BCUT2D eigenvalue weighted by Crippen LogP contribution is 2.27. The van der Waals surface area contributed by atoms with Gasteiger partial charge in [-0.1, -0.05) is 12.1 Å². The summed E-state index contributed by atoms with van der Waals surface area (Å²) in [6.45, 7) is 2.35. The van der Waals surface area contributed by atoms with Gasteiger partial charge in [-0.15, -0.1) is 10.2 Å². The van der Waals surface area contributed by atoms with Crippen LogP contribution in [0.3, 0.4) is 0 Å². The van der Waals surface area contributed by atoms with Crippen LogP contribution in [0.25, 0.3) is 11.3 Å². The van der Waals surface area contributed by atoms with E-state index in [0.717, 1.165) is 17.7 Å². The Balaban J connectivity index is 1.81. The number of ether oxygens (including phenoxy) is 2. The van der Waals surface area contributed by atoms with Crippen LogP contribution in [-0.4, -0.2) is 32.3 Å². The molecule has 0 unspecified atom stereocenters. The first kappa shape index (κ1) is 19.6. The molecular formula is C19H18FN3O4S. The van der Waals surface area contributed by atoms with Crippen molar-refractivity contribution in [3.05, 3.63) is 60.4 Å². The van der Waals surface area contributed by atoms with Crippen molar-refractivity contribution in [3.8, 4) is 22.9 Å². The van der Waals surface area contributed by atoms with Gasteiger partial charge < -0.3 is 9.47 Å². The highest BCUT2D eigenvalue weighted by atomic mass is 32.2. The number of anilines is 1. The fourth-order valence-electron chi connectivity index (χ4n) is 2.48. The molecule has 1 N–H and O–H groups in total. The van der Waals surface area contributed by atoms with E-state index in [1.165, 1.54) is 13.2 Å². The minimum atomic E-state index is -4.03. The highest BCUT2D eigenvalue weighted by molar-refractivity contribution is 7.92. The summed E-state index contributed by atoms with van der Waals surface area (Å²) in [7, 11) is -2.71. The van der Waals surface area contributed by atoms with E-state index in [4.69, 9.17) is 9.47 Å². The van der Waals surface area contributed by atoms with Crippen molar-refractivity contribution in [3.63, 3.8) is 0 Å². The number of nitrogens with one attached hydrogen (secondary N) is 1. The molecule has 0 saturated carbocycles. The molecule has 28 heavy (non-hydrogen) atoms. The van der Waals surface area contributed by atoms with Gasteiger partial charge in [-0.25, -0.2) is 12.8 Å². The summed E-state index contributed by atoms with van der Waals surface area (Å²) in [5, 5.41) is 8.04. The van der Waals surface area contributed by atoms with Crippen LogP contribution in [0.5, 0.6) is 11.6 Å². The van der Waals surface area contributed by atoms with Gasteiger partial charge in [-0.2, -0.15) is 0 Å². The Morgan fingerprint density at radius 2 is 1.79 bits per heavy atom. The number of nitrogens with zero attached hydrogens (tertiary/aromatic N) is 2. The third kappa shape index (κ3) is 4.37. The summed E-state index contributed by atoms with van der Waals surface area (Å²) in [4.78, 5) is -0.281. The number of methoxy groups -OCH3 is 1. The summed E-state index contributed by atoms with van der Waals surface area (Å²) < 4.78 is 51.4. The molecular weight excluding hydrogens is 385 g/mol. The number of sulfonamides is 1. The molecule has 146 valence electrons. The lowest BCUT2D eigenvalue weighted by Gasteiger charge is -2.12. The number of aromatic nitrogens is 2. The van der Waals surface area contributed by atoms with Crippen molar-refractivity contribution < 1.29 is 22.3 Å². The van der Waals surface area contributed by atoms with Crippen molar-refractivity contribution in [1.82, 2.24) is 10.2 Å². The second-order valence-electron chi connectivity index (χ2n) is 5.67. The molecule has 0 radical (unpaired) electrons. The van der Waals surface area contributed by atoms with Crippen molar-refractivity contribution in [1.29, 1.82) is 0 Å². The number of rotatable bonds is 7. The summed E-state index contributed by atoms with van der Waals surface area (Å²) in [5.74, 6) is -0.194. The maximum absolute atomic E-state index is 13.5. The molecule has 0 amide bonds. The zero-order valence-electron chi connectivity index (χ0n) is 15.2. The minimum Gasteiger partial charge on any atom is -0.495 e. The van der Waals surface area contributed by atoms with Gasteiger partial charge in [0.05, 0.1) is 19.4 Å². The van der Waals surface area contributed by atoms with E-state index in [1.807, 2.05) is 6.92 Å². The van der Waals surface area contributed by atoms with Crippen LogP contribution >= 0.6 is 0 Å². The maximum Gasteiger partial charge on any atom is 0.265 e. The van der Waals surface area contributed by atoms with Crippen molar-refractivity contribution in [2.75, 3.05) is 18.4 Å². The predicted molar refractivity (Wildman–Crippen MR) is 102 cm³/mol. The van der Waals surface area contributed by atoms with Gasteiger partial charge in [0.1, 0.15) is 16.5 Å². The smallest absolute Gasteiger partial charge is 0.265 e. The average Bonchev–Trinajstić information content (AvgIpc) is 2.69. The average molecular weight is 403 g/mol. The van der Waals surface area contributed by atoms with Crippen molar-refractivity contribution >= 4 is 15.7 Å². The van der Waals surface area contributed by atoms with E-state index in [2.05, 4.69) is 14.9 Å². The zero-order valence-corrected chi connectivity index (χ0v) is 16.0. The van der Waals surface area contributed by atoms with Gasteiger partial charge in [0.15, 0.2) is 0 Å². The molecule has 0 atom stereocenters. The number of hydrogen-bond acceptors (Lipinski definition) is 6. The Labute approximate surface area is 162 Å². The predicted octanol–water partition coefficient (Wildman–Crippen LogP) is 3.49. The maximum atomic E-state index is 13.5. The fraction of sp³-hybridized carbons (Fsp3) is 0.158. The topological polar surface area (TPSA) is 90.4 Å². The molecule has 3 aromatic rings. The quantitative estimate of drug-likeness (QED) is 0.649. The number of halogens is 1. The molecule has 0 aliphatic rings. The standard InChI is InChI=1S/C19H18FN3O4S/c1-3-27-19-11-9-16(21-22-19)13-4-7-15(8-5-13)23-28(24,25)18-12-14(20)6-10-17(18)26-2/h4-12,23H,3H2,1-2H3. The first-order chi connectivity index (χ1) is 13.4. The van der Waals surface area contributed by atoms with E-state index in [-0.39, 0.29) is 10.6 Å². The molecule has 7 nitrogen and oxygen atoms in total. The Kier molecular flexibility index (Phi) is 5.74. The zero-order chi connectivity index (χ0) is 20.1. The largest absolute Gasteiger partial charge is 0.495 e. The molecule has 3 rings (SSSR count). The van der Waals surface area contributed by atoms with Crippen LogP contribution in [0.1, 0.15) is 6.92 Å². The van der Waals surface area contributed by atoms with Gasteiger partial charge >= 0.3 is 0 Å². The Hall–Kier alpha value is -3.20. The van der Waals surface area contributed by atoms with Gasteiger partial charge in [0.2, 0.25) is 5.88 Å². The fourth-order valence-corrected chi connectivity index (χ4v) is 3.72. The highest BCUT2D eigenvalue weighted by Gasteiger charge is 2.20. The van der Waals surface area contributed by atoms with E-state index in [0.29, 0.717) is 23.9 Å². The molecule has 1 aromatic heterocycles. The van der Waals surface area contributed by atoms with Gasteiger partial charge in [-0.3, -0.25) is 4.72 Å². The Morgan fingerprint density at radius 1 is 1.04 bits per heavy atom. The molecule has 0 aliphatic heterocycles. The third-order valence-electron chi connectivity index (χ3n) is 3.78. The van der Waals surface area contributed by atoms with E-state index >= 15 is 0 Å². The van der Waals surface area contributed by atoms with Crippen LogP contribution in [0.4, 0.5) is 10.1 Å². The summed E-state index contributed by atoms with van der Waals surface area (Å²) in [6, 6.07) is 13.3. The first-order valence-electron chi connectivity index (χ1n) is 8.36. The Bertz CT molecular complexity index is 1060. The molecule has 9 heteroatoms. The molecule has 0 saturated heterocycles. The summed E-state index contributed by atoms with van der Waals surface area (Å²) in [6.07, 6.45) is 0. The van der Waals surface area contributed by atoms with Crippen molar-refractivity contribution in [2.24, 2.45) is 0 Å². The van der Waals surface area contributed by atoms with Crippen LogP contribution in [0, 0.1) is 5.82 Å². The second kappa shape index (κ2) is 8.22. The van der Waals surface area contributed by atoms with E-state index < -0.39 is 15.8 Å². The molecule has 0 spiro atoms. The second-order valence-corrected chi connectivity index (χ2v) is 7.32. The van der Waals surface area contributed by atoms with Gasteiger partial charge in [0.25, 0.3) is 10.0 Å². The molecule has 0 fully saturated rings. The Morgan fingerprint density at radius 3 is 2.39 bits per heavy atom. The van der Waals surface area contributed by atoms with Crippen LogP contribution in [0.15, 0.2) is 59.5 Å². The van der Waals surface area contributed by atoms with E-state index in [9.17, 15) is 12.8 Å². The lowest BCUT2D eigenvalue weighted by Crippen LogP contribution is -2.14. The lowest BCUT2D eigenvalue weighted by molar-refractivity contribution is 0.323. The van der Waals surface area contributed by atoms with Crippen molar-refractivity contribution in [2.45, 2.75) is 11.8 Å². The summed E-state index contributed by atoms with van der Waals surface area (Å²) >= 11 is 0. The third-order valence-corrected chi connectivity index (χ3v) is 5.18. The first-order valence-corrected chi connectivity index (χ1v) is 9.84. The molecule has 0 aliphatic carbocycles. The van der Waals surface area contributed by atoms with Gasteiger partial charge in [0, 0.05) is 17.3 Å².